The first-order valence-electron chi connectivity index (χ1n) is 7.57. The van der Waals surface area contributed by atoms with Gasteiger partial charge in [-0.1, -0.05) is 51.4 Å². The molecular weight excluding hydrogens is 318 g/mol. The van der Waals surface area contributed by atoms with Crippen LogP contribution >= 0.6 is 23.6 Å². The minimum absolute atomic E-state index is 0.417. The number of hydrogen-bond donors (Lipinski definition) is 0. The zero-order valence-electron chi connectivity index (χ0n) is 13.6. The molecule has 0 atom stereocenters. The number of hydrogen-bond acceptors (Lipinski definition) is 4. The maximum Gasteiger partial charge on any atom is 0.108 e. The van der Waals surface area contributed by atoms with E-state index in [1.165, 1.54) is 12.0 Å². The Morgan fingerprint density at radius 1 is 1.09 bits per heavy atom. The molecule has 0 radical (unpaired) electrons. The van der Waals surface area contributed by atoms with E-state index < -0.39 is 0 Å². The number of benzene rings is 1. The molecular formula is C17H24ClNO2S. The van der Waals surface area contributed by atoms with Crippen LogP contribution in [-0.4, -0.2) is 6.61 Å². The van der Waals surface area contributed by atoms with Gasteiger partial charge in [0.15, 0.2) is 0 Å². The summed E-state index contributed by atoms with van der Waals surface area (Å²) in [5.41, 5.74) is 1.45. The van der Waals surface area contributed by atoms with Crippen LogP contribution in [0.15, 0.2) is 57.1 Å². The van der Waals surface area contributed by atoms with E-state index in [1.54, 1.807) is 24.3 Å². The van der Waals surface area contributed by atoms with Gasteiger partial charge >= 0.3 is 0 Å². The van der Waals surface area contributed by atoms with Gasteiger partial charge in [0.2, 0.25) is 0 Å². The predicted octanol–water partition coefficient (Wildman–Crippen LogP) is 7.00. The zero-order chi connectivity index (χ0) is 16.8. The average molecular weight is 342 g/mol. The second-order valence-electron chi connectivity index (χ2n) is 3.79. The highest BCUT2D eigenvalue weighted by Crippen LogP contribution is 2.26. The van der Waals surface area contributed by atoms with Crippen molar-refractivity contribution in [2.24, 2.45) is 5.18 Å². The van der Waals surface area contributed by atoms with Gasteiger partial charge in [0, 0.05) is 22.0 Å². The predicted molar refractivity (Wildman–Crippen MR) is 97.7 cm³/mol. The summed E-state index contributed by atoms with van der Waals surface area (Å²) in [5.74, 6) is 0. The van der Waals surface area contributed by atoms with Gasteiger partial charge < -0.3 is 4.18 Å². The Bertz CT molecular complexity index is 484. The van der Waals surface area contributed by atoms with E-state index in [0.717, 1.165) is 28.3 Å². The highest BCUT2D eigenvalue weighted by atomic mass is 35.5. The summed E-state index contributed by atoms with van der Waals surface area (Å²) in [6, 6.07) is 6.92. The van der Waals surface area contributed by atoms with Crippen molar-refractivity contribution in [2.75, 3.05) is 6.61 Å². The summed E-state index contributed by atoms with van der Waals surface area (Å²) in [5, 5.41) is 3.62. The number of halogens is 1. The van der Waals surface area contributed by atoms with Crippen molar-refractivity contribution in [3.05, 3.63) is 51.9 Å². The van der Waals surface area contributed by atoms with Crippen LogP contribution in [0.5, 0.6) is 0 Å². The summed E-state index contributed by atoms with van der Waals surface area (Å²) in [6.45, 7) is 8.48. The van der Waals surface area contributed by atoms with Crippen molar-refractivity contribution >= 4 is 29.3 Å². The molecule has 0 spiro atoms. The third kappa shape index (κ3) is 7.78. The van der Waals surface area contributed by atoms with Crippen LogP contribution in [0.2, 0.25) is 0 Å². The lowest BCUT2D eigenvalue weighted by atomic mass is 10.1. The molecule has 0 saturated carbocycles. The third-order valence-electron chi connectivity index (χ3n) is 2.50. The lowest BCUT2D eigenvalue weighted by molar-refractivity contribution is 0.418. The Morgan fingerprint density at radius 2 is 1.68 bits per heavy atom. The summed E-state index contributed by atoms with van der Waals surface area (Å²) in [7, 11) is 0. The average Bonchev–Trinajstić information content (AvgIpc) is 2.61. The molecule has 0 amide bonds. The van der Waals surface area contributed by atoms with Crippen molar-refractivity contribution in [1.29, 1.82) is 0 Å². The van der Waals surface area contributed by atoms with Crippen LogP contribution in [0.4, 0.5) is 5.69 Å². The first-order valence-corrected chi connectivity index (χ1v) is 8.69. The van der Waals surface area contributed by atoms with Gasteiger partial charge in [0.25, 0.3) is 0 Å². The monoisotopic (exact) mass is 341 g/mol. The van der Waals surface area contributed by atoms with Gasteiger partial charge in [-0.2, -0.15) is 0 Å². The minimum Gasteiger partial charge on any atom is -0.305 e. The largest absolute Gasteiger partial charge is 0.305 e. The number of rotatable bonds is 5. The number of nitroso groups, excluding NO2 is 1. The first kappa shape index (κ1) is 20.9. The molecule has 0 saturated heterocycles. The minimum atomic E-state index is 0.417. The molecule has 122 valence electrons. The Kier molecular flexibility index (Phi) is 12.9. The highest BCUT2D eigenvalue weighted by molar-refractivity contribution is 7.94. The summed E-state index contributed by atoms with van der Waals surface area (Å²) in [6.07, 6.45) is 6.12. The van der Waals surface area contributed by atoms with Crippen molar-refractivity contribution in [1.82, 2.24) is 0 Å². The van der Waals surface area contributed by atoms with Crippen molar-refractivity contribution in [2.45, 2.75) is 45.4 Å². The standard InChI is InChI=1S/C13H12ClNO2S.2C2H6/c14-13-4-2-1-3-10(13)9-17-18-12-7-5-11(15-16)6-8-12;2*1-2/h3-8H,1-2,9H2;2*1-2H3. The van der Waals surface area contributed by atoms with E-state index in [4.69, 9.17) is 15.8 Å². The molecule has 0 aromatic heterocycles. The molecule has 0 fully saturated rings. The van der Waals surface area contributed by atoms with Crippen LogP contribution in [0, 0.1) is 4.91 Å². The molecule has 0 aliphatic heterocycles. The van der Waals surface area contributed by atoms with Crippen LogP contribution in [0.1, 0.15) is 40.5 Å². The molecule has 22 heavy (non-hydrogen) atoms. The lowest BCUT2D eigenvalue weighted by Gasteiger charge is -2.10. The van der Waals surface area contributed by atoms with E-state index in [0.29, 0.717) is 12.3 Å². The molecule has 1 aromatic carbocycles. The van der Waals surface area contributed by atoms with Gasteiger partial charge in [0.1, 0.15) is 5.69 Å². The lowest BCUT2D eigenvalue weighted by Crippen LogP contribution is -1.97. The van der Waals surface area contributed by atoms with Crippen molar-refractivity contribution < 1.29 is 4.18 Å². The Labute approximate surface area is 143 Å². The van der Waals surface area contributed by atoms with Crippen LogP contribution in [0.3, 0.4) is 0 Å². The van der Waals surface area contributed by atoms with Gasteiger partial charge in [-0.3, -0.25) is 0 Å². The topological polar surface area (TPSA) is 38.7 Å². The third-order valence-corrected chi connectivity index (χ3v) is 3.60. The molecule has 2 rings (SSSR count). The molecule has 0 unspecified atom stereocenters. The maximum atomic E-state index is 10.3. The van der Waals surface area contributed by atoms with Crippen molar-refractivity contribution in [3.8, 4) is 0 Å². The normalized spacial score (nSPS) is 12.8. The fraction of sp³-hybridized carbons (Fsp3) is 0.412. The van der Waals surface area contributed by atoms with E-state index >= 15 is 0 Å². The smallest absolute Gasteiger partial charge is 0.108 e. The quantitative estimate of drug-likeness (QED) is 0.427. The molecule has 1 aromatic rings. The van der Waals surface area contributed by atoms with Gasteiger partial charge in [-0.25, -0.2) is 0 Å². The highest BCUT2D eigenvalue weighted by Gasteiger charge is 2.07. The molecule has 0 N–H and O–H groups in total. The number of nitrogens with zero attached hydrogens (tertiary/aromatic N) is 1. The van der Waals surface area contributed by atoms with Gasteiger partial charge in [-0.05, 0) is 47.9 Å². The second kappa shape index (κ2) is 13.6. The molecule has 0 bridgehead atoms. The van der Waals surface area contributed by atoms with Crippen molar-refractivity contribution in [3.63, 3.8) is 0 Å². The van der Waals surface area contributed by atoms with E-state index in [-0.39, 0.29) is 0 Å². The fourth-order valence-electron chi connectivity index (χ4n) is 1.55. The van der Waals surface area contributed by atoms with E-state index in [1.807, 2.05) is 33.8 Å². The number of allylic oxidation sites excluding steroid dienone is 2. The van der Waals surface area contributed by atoms with Gasteiger partial charge in [-0.15, -0.1) is 4.91 Å². The van der Waals surface area contributed by atoms with Crippen LogP contribution in [-0.2, 0) is 4.18 Å². The molecule has 5 heteroatoms. The molecule has 3 nitrogen and oxygen atoms in total. The molecule has 0 heterocycles. The summed E-state index contributed by atoms with van der Waals surface area (Å²) >= 11 is 7.33. The maximum absolute atomic E-state index is 10.3. The van der Waals surface area contributed by atoms with Gasteiger partial charge in [0.05, 0.1) is 6.61 Å². The van der Waals surface area contributed by atoms with Crippen LogP contribution < -0.4 is 0 Å². The zero-order valence-corrected chi connectivity index (χ0v) is 15.2. The van der Waals surface area contributed by atoms with E-state index in [2.05, 4.69) is 11.3 Å². The Morgan fingerprint density at radius 3 is 2.23 bits per heavy atom. The fourth-order valence-corrected chi connectivity index (χ4v) is 2.36. The first-order chi connectivity index (χ1) is 10.8. The second-order valence-corrected chi connectivity index (χ2v) is 5.07. The molecule has 1 aliphatic rings. The Hall–Kier alpha value is -1.10. The Balaban J connectivity index is 0.00000102. The molecule has 1 aliphatic carbocycles. The van der Waals surface area contributed by atoms with E-state index in [9.17, 15) is 4.91 Å². The summed E-state index contributed by atoms with van der Waals surface area (Å²) in [4.78, 5) is 11.2. The SMILES string of the molecule is CC.CC.O=Nc1ccc(SOCC2=CCCC=C2Cl)cc1. The summed E-state index contributed by atoms with van der Waals surface area (Å²) < 4.78 is 5.52. The van der Waals surface area contributed by atoms with Crippen LogP contribution in [0.25, 0.3) is 0 Å².